The maximum absolute atomic E-state index is 12.2. The first-order chi connectivity index (χ1) is 15.2. The van der Waals surface area contributed by atoms with Crippen LogP contribution in [0.15, 0.2) is 59.6 Å². The number of carbonyl (C=O) groups is 1. The minimum Gasteiger partial charge on any atom is -0.508 e. The number of nitrogens with zero attached hydrogens (tertiary/aromatic N) is 2. The highest BCUT2D eigenvalue weighted by molar-refractivity contribution is 5.94. The van der Waals surface area contributed by atoms with Gasteiger partial charge in [-0.25, -0.2) is 0 Å². The van der Waals surface area contributed by atoms with E-state index in [2.05, 4.69) is 45.1 Å². The lowest BCUT2D eigenvalue weighted by atomic mass is 10.1. The highest BCUT2D eigenvalue weighted by Gasteiger charge is 2.23. The third-order valence-electron chi connectivity index (χ3n) is 5.36. The maximum Gasteiger partial charge on any atom is 0.251 e. The van der Waals surface area contributed by atoms with Gasteiger partial charge in [-0.05, 0) is 62.7 Å². The molecule has 0 radical (unpaired) electrons. The number of aromatic hydroxyl groups is 1. The summed E-state index contributed by atoms with van der Waals surface area (Å²) in [5.41, 5.74) is 1.82. The van der Waals surface area contributed by atoms with Gasteiger partial charge in [0.2, 0.25) is 0 Å². The Morgan fingerprint density at radius 2 is 1.68 bits per heavy atom. The van der Waals surface area contributed by atoms with Crippen LogP contribution in [-0.4, -0.2) is 61.1 Å². The SMILES string of the molecule is CCNC(=NCC(c1ccccc1)N1CCCC1)NCCNC(=O)c1ccc(O)cc1. The molecular formula is C24H33N5O2. The first kappa shape index (κ1) is 22.6. The number of aliphatic imine (C=N–C) groups is 1. The van der Waals surface area contributed by atoms with Crippen LogP contribution < -0.4 is 16.0 Å². The summed E-state index contributed by atoms with van der Waals surface area (Å²) in [5, 5.41) is 18.8. The maximum atomic E-state index is 12.2. The van der Waals surface area contributed by atoms with Gasteiger partial charge in [-0.15, -0.1) is 0 Å². The number of hydrogen-bond acceptors (Lipinski definition) is 4. The Morgan fingerprint density at radius 1 is 1.00 bits per heavy atom. The lowest BCUT2D eigenvalue weighted by Gasteiger charge is -2.27. The summed E-state index contributed by atoms with van der Waals surface area (Å²) in [6.45, 7) is 6.75. The molecule has 7 nitrogen and oxygen atoms in total. The molecule has 4 N–H and O–H groups in total. The van der Waals surface area contributed by atoms with Crippen molar-refractivity contribution < 1.29 is 9.90 Å². The van der Waals surface area contributed by atoms with Crippen LogP contribution in [0.4, 0.5) is 0 Å². The predicted octanol–water partition coefficient (Wildman–Crippen LogP) is 2.51. The van der Waals surface area contributed by atoms with Gasteiger partial charge in [-0.2, -0.15) is 0 Å². The van der Waals surface area contributed by atoms with Crippen molar-refractivity contribution in [1.82, 2.24) is 20.9 Å². The van der Waals surface area contributed by atoms with E-state index in [1.165, 1.54) is 30.5 Å². The van der Waals surface area contributed by atoms with Gasteiger partial charge in [0, 0.05) is 25.2 Å². The van der Waals surface area contributed by atoms with Gasteiger partial charge in [-0.1, -0.05) is 30.3 Å². The van der Waals surface area contributed by atoms with Gasteiger partial charge in [0.15, 0.2) is 5.96 Å². The van der Waals surface area contributed by atoms with E-state index in [0.717, 1.165) is 25.6 Å². The van der Waals surface area contributed by atoms with Crippen LogP contribution >= 0.6 is 0 Å². The Bertz CT molecular complexity index is 833. The number of hydrogen-bond donors (Lipinski definition) is 4. The standard InChI is InChI=1S/C24H33N5O2/c1-2-25-24(27-15-14-26-23(31)20-10-12-21(30)13-11-20)28-18-22(29-16-6-7-17-29)19-8-4-3-5-9-19/h3-5,8-13,22,30H,2,6-7,14-18H2,1H3,(H,26,31)(H2,25,27,28). The molecule has 0 aromatic heterocycles. The van der Waals surface area contributed by atoms with Crippen molar-refractivity contribution in [1.29, 1.82) is 0 Å². The monoisotopic (exact) mass is 423 g/mol. The fraction of sp³-hybridized carbons (Fsp3) is 0.417. The number of phenolic OH excluding ortho intramolecular Hbond substituents is 1. The molecule has 0 saturated carbocycles. The zero-order valence-electron chi connectivity index (χ0n) is 18.2. The van der Waals surface area contributed by atoms with Gasteiger partial charge in [0.05, 0.1) is 12.6 Å². The molecule has 1 aliphatic heterocycles. The van der Waals surface area contributed by atoms with Crippen LogP contribution in [0.2, 0.25) is 0 Å². The van der Waals surface area contributed by atoms with E-state index >= 15 is 0 Å². The average Bonchev–Trinajstić information content (AvgIpc) is 3.32. The molecule has 1 saturated heterocycles. The molecule has 0 bridgehead atoms. The highest BCUT2D eigenvalue weighted by atomic mass is 16.3. The predicted molar refractivity (Wildman–Crippen MR) is 124 cm³/mol. The van der Waals surface area contributed by atoms with Crippen molar-refractivity contribution in [2.24, 2.45) is 4.99 Å². The number of amides is 1. The van der Waals surface area contributed by atoms with Crippen LogP contribution in [0.25, 0.3) is 0 Å². The Hall–Kier alpha value is -3.06. The second kappa shape index (κ2) is 12.0. The Morgan fingerprint density at radius 3 is 2.35 bits per heavy atom. The molecule has 2 aromatic rings. The second-order valence-electron chi connectivity index (χ2n) is 7.62. The van der Waals surface area contributed by atoms with Gasteiger partial charge >= 0.3 is 0 Å². The molecule has 166 valence electrons. The van der Waals surface area contributed by atoms with Crippen molar-refractivity contribution in [2.45, 2.75) is 25.8 Å². The van der Waals surface area contributed by atoms with E-state index in [1.807, 2.05) is 13.0 Å². The number of nitrogens with one attached hydrogen (secondary N) is 3. The molecule has 1 unspecified atom stereocenters. The summed E-state index contributed by atoms with van der Waals surface area (Å²) < 4.78 is 0. The molecular weight excluding hydrogens is 390 g/mol. The van der Waals surface area contributed by atoms with Crippen molar-refractivity contribution >= 4 is 11.9 Å². The minimum atomic E-state index is -0.165. The second-order valence-corrected chi connectivity index (χ2v) is 7.62. The summed E-state index contributed by atoms with van der Waals surface area (Å²) >= 11 is 0. The number of rotatable bonds is 9. The third-order valence-corrected chi connectivity index (χ3v) is 5.36. The van der Waals surface area contributed by atoms with E-state index in [-0.39, 0.29) is 17.7 Å². The van der Waals surface area contributed by atoms with Crippen LogP contribution in [0.5, 0.6) is 5.75 Å². The minimum absolute atomic E-state index is 0.146. The number of phenols is 1. The molecule has 1 atom stereocenters. The first-order valence-corrected chi connectivity index (χ1v) is 11.1. The number of likely N-dealkylation sites (tertiary alicyclic amines) is 1. The van der Waals surface area contributed by atoms with Gasteiger partial charge in [0.25, 0.3) is 5.91 Å². The Labute approximate surface area is 184 Å². The summed E-state index contributed by atoms with van der Waals surface area (Å²) in [5.74, 6) is 0.732. The van der Waals surface area contributed by atoms with Gasteiger partial charge in [-0.3, -0.25) is 14.7 Å². The molecule has 1 heterocycles. The van der Waals surface area contributed by atoms with Gasteiger partial charge < -0.3 is 21.1 Å². The van der Waals surface area contributed by atoms with Crippen molar-refractivity contribution in [2.75, 3.05) is 39.3 Å². The molecule has 1 fully saturated rings. The fourth-order valence-corrected chi connectivity index (χ4v) is 3.75. The van der Waals surface area contributed by atoms with Crippen LogP contribution in [0, 0.1) is 0 Å². The quantitative estimate of drug-likeness (QED) is 0.283. The van der Waals surface area contributed by atoms with E-state index in [0.29, 0.717) is 25.2 Å². The van der Waals surface area contributed by atoms with Crippen LogP contribution in [-0.2, 0) is 0 Å². The summed E-state index contributed by atoms with van der Waals surface area (Å²) in [4.78, 5) is 19.5. The summed E-state index contributed by atoms with van der Waals surface area (Å²) in [6, 6.07) is 17.1. The topological polar surface area (TPSA) is 89.0 Å². The molecule has 7 heteroatoms. The van der Waals surface area contributed by atoms with Crippen molar-refractivity contribution in [3.05, 3.63) is 65.7 Å². The van der Waals surface area contributed by atoms with Crippen LogP contribution in [0.1, 0.15) is 41.7 Å². The van der Waals surface area contributed by atoms with E-state index in [1.54, 1.807) is 12.1 Å². The molecule has 0 aliphatic carbocycles. The number of guanidine groups is 1. The van der Waals surface area contributed by atoms with E-state index < -0.39 is 0 Å². The number of carbonyl (C=O) groups excluding carboxylic acids is 1. The zero-order chi connectivity index (χ0) is 21.9. The first-order valence-electron chi connectivity index (χ1n) is 11.1. The molecule has 0 spiro atoms. The largest absolute Gasteiger partial charge is 0.508 e. The third kappa shape index (κ3) is 7.00. The fourth-order valence-electron chi connectivity index (χ4n) is 3.75. The normalized spacial score (nSPS) is 15.5. The Balaban J connectivity index is 1.53. The van der Waals surface area contributed by atoms with Crippen molar-refractivity contribution in [3.8, 4) is 5.75 Å². The van der Waals surface area contributed by atoms with E-state index in [9.17, 15) is 9.90 Å². The lowest BCUT2D eigenvalue weighted by molar-refractivity contribution is 0.0954. The highest BCUT2D eigenvalue weighted by Crippen LogP contribution is 2.25. The van der Waals surface area contributed by atoms with E-state index in [4.69, 9.17) is 4.99 Å². The van der Waals surface area contributed by atoms with Gasteiger partial charge in [0.1, 0.15) is 5.75 Å². The smallest absolute Gasteiger partial charge is 0.251 e. The summed E-state index contributed by atoms with van der Waals surface area (Å²) in [6.07, 6.45) is 2.48. The molecule has 31 heavy (non-hydrogen) atoms. The Kier molecular flexibility index (Phi) is 8.72. The molecule has 1 amide bonds. The summed E-state index contributed by atoms with van der Waals surface area (Å²) in [7, 11) is 0. The molecule has 3 rings (SSSR count). The van der Waals surface area contributed by atoms with Crippen LogP contribution in [0.3, 0.4) is 0 Å². The average molecular weight is 424 g/mol. The number of benzene rings is 2. The lowest BCUT2D eigenvalue weighted by Crippen LogP contribution is -2.42. The zero-order valence-corrected chi connectivity index (χ0v) is 18.2. The van der Waals surface area contributed by atoms with Crippen molar-refractivity contribution in [3.63, 3.8) is 0 Å². The molecule has 2 aromatic carbocycles. The molecule has 1 aliphatic rings.